The van der Waals surface area contributed by atoms with Crippen LogP contribution < -0.4 is 10.4 Å². The Kier molecular flexibility index (Phi) is 1.63. The van der Waals surface area contributed by atoms with E-state index >= 15 is 0 Å². The number of rotatable bonds is 0. The van der Waals surface area contributed by atoms with Gasteiger partial charge in [0.2, 0.25) is 11.6 Å². The van der Waals surface area contributed by atoms with Crippen LogP contribution in [0.25, 0.3) is 22.4 Å². The van der Waals surface area contributed by atoms with Gasteiger partial charge in [-0.25, -0.2) is 0 Å². The Labute approximate surface area is 114 Å². The highest BCUT2D eigenvalue weighted by atomic mass is 16.2. The summed E-state index contributed by atoms with van der Waals surface area (Å²) in [5, 5.41) is 4.36. The minimum Gasteiger partial charge on any atom is -0.285 e. The summed E-state index contributed by atoms with van der Waals surface area (Å²) in [7, 11) is 0. The van der Waals surface area contributed by atoms with Crippen molar-refractivity contribution in [1.82, 2.24) is 0 Å². The van der Waals surface area contributed by atoms with Crippen LogP contribution in [0.15, 0.2) is 36.4 Å². The van der Waals surface area contributed by atoms with E-state index in [1.54, 1.807) is 6.07 Å². The summed E-state index contributed by atoms with van der Waals surface area (Å²) < 4.78 is 0. The number of allylic oxidation sites excluding steroid dienone is 2. The average Bonchev–Trinajstić information content (AvgIpc) is 2.73. The van der Waals surface area contributed by atoms with Crippen LogP contribution in [0, 0.1) is 0 Å². The third-order valence-corrected chi connectivity index (χ3v) is 4.70. The minimum atomic E-state index is -0.332. The van der Waals surface area contributed by atoms with Crippen LogP contribution in [0.5, 0.6) is 0 Å². The number of carbonyl (C=O) groups excluding carboxylic acids is 2. The lowest BCUT2D eigenvalue weighted by Gasteiger charge is -2.23. The molecular formula is C18H10O2. The lowest BCUT2D eigenvalue weighted by atomic mass is 9.79. The van der Waals surface area contributed by atoms with Crippen LogP contribution in [0.3, 0.4) is 0 Å². The Morgan fingerprint density at radius 2 is 1.85 bits per heavy atom. The number of Topliss-reactive ketones (excluding diaryl/α,β-unsaturated/α-hetero) is 2. The van der Waals surface area contributed by atoms with Crippen molar-refractivity contribution >= 4 is 34.0 Å². The Balaban J connectivity index is 2.16. The van der Waals surface area contributed by atoms with E-state index in [0.29, 0.717) is 12.0 Å². The quantitative estimate of drug-likeness (QED) is 0.673. The fourth-order valence-corrected chi connectivity index (χ4v) is 3.86. The Hall–Kier alpha value is -2.48. The lowest BCUT2D eigenvalue weighted by molar-refractivity contribution is -0.110. The van der Waals surface area contributed by atoms with Crippen molar-refractivity contribution in [2.45, 2.75) is 12.3 Å². The summed E-state index contributed by atoms with van der Waals surface area (Å²) in [6.45, 7) is 0. The van der Waals surface area contributed by atoms with Crippen LogP contribution in [-0.2, 0) is 4.79 Å². The van der Waals surface area contributed by atoms with Gasteiger partial charge in [-0.1, -0.05) is 36.4 Å². The highest BCUT2D eigenvalue weighted by Crippen LogP contribution is 2.36. The van der Waals surface area contributed by atoms with Gasteiger partial charge in [-0.05, 0) is 34.0 Å². The van der Waals surface area contributed by atoms with E-state index in [2.05, 4.69) is 30.4 Å². The van der Waals surface area contributed by atoms with Gasteiger partial charge in [0.15, 0.2) is 0 Å². The van der Waals surface area contributed by atoms with Crippen molar-refractivity contribution in [3.8, 4) is 0 Å². The molecule has 2 heteroatoms. The van der Waals surface area contributed by atoms with Gasteiger partial charge < -0.3 is 0 Å². The minimum absolute atomic E-state index is 0.228. The topological polar surface area (TPSA) is 34.1 Å². The number of benzene rings is 2. The Morgan fingerprint density at radius 3 is 2.75 bits per heavy atom. The Bertz CT molecular complexity index is 1010. The molecule has 3 aliphatic carbocycles. The first-order valence-corrected chi connectivity index (χ1v) is 6.82. The normalized spacial score (nSPS) is 21.6. The molecule has 0 heterocycles. The van der Waals surface area contributed by atoms with Crippen molar-refractivity contribution in [2.75, 3.05) is 0 Å². The summed E-state index contributed by atoms with van der Waals surface area (Å²) in [5.41, 5.74) is 2.60. The fraction of sp³-hybridized carbons (Fsp3) is 0.111. The molecule has 1 unspecified atom stereocenters. The first-order valence-electron chi connectivity index (χ1n) is 6.82. The molecule has 0 spiro atoms. The van der Waals surface area contributed by atoms with E-state index in [1.807, 2.05) is 6.07 Å². The molecular weight excluding hydrogens is 248 g/mol. The molecule has 0 amide bonds. The molecule has 0 fully saturated rings. The predicted molar refractivity (Wildman–Crippen MR) is 76.9 cm³/mol. The van der Waals surface area contributed by atoms with Crippen LogP contribution in [0.2, 0.25) is 0 Å². The highest BCUT2D eigenvalue weighted by Gasteiger charge is 2.36. The molecule has 0 aromatic heterocycles. The zero-order chi connectivity index (χ0) is 13.4. The van der Waals surface area contributed by atoms with E-state index in [0.717, 1.165) is 21.6 Å². The number of carbonyl (C=O) groups is 2. The first-order chi connectivity index (χ1) is 9.75. The monoisotopic (exact) mass is 258 g/mol. The van der Waals surface area contributed by atoms with Crippen LogP contribution in [0.4, 0.5) is 0 Å². The fourth-order valence-electron chi connectivity index (χ4n) is 3.86. The van der Waals surface area contributed by atoms with Crippen molar-refractivity contribution < 1.29 is 9.59 Å². The summed E-state index contributed by atoms with van der Waals surface area (Å²) >= 11 is 0. The van der Waals surface area contributed by atoms with Gasteiger partial charge in [0.05, 0.1) is 0 Å². The first kappa shape index (κ1) is 10.3. The van der Waals surface area contributed by atoms with Gasteiger partial charge in [-0.15, -0.1) is 0 Å². The smallest absolute Gasteiger partial charge is 0.233 e. The van der Waals surface area contributed by atoms with E-state index in [-0.39, 0.29) is 17.5 Å². The molecule has 5 rings (SSSR count). The molecule has 3 aliphatic rings. The van der Waals surface area contributed by atoms with Gasteiger partial charge in [-0.2, -0.15) is 0 Å². The highest BCUT2D eigenvalue weighted by molar-refractivity contribution is 6.59. The maximum Gasteiger partial charge on any atom is 0.233 e. The summed E-state index contributed by atoms with van der Waals surface area (Å²) in [5.74, 6) is -0.404. The van der Waals surface area contributed by atoms with E-state index in [4.69, 9.17) is 0 Å². The largest absolute Gasteiger partial charge is 0.285 e. The van der Waals surface area contributed by atoms with Crippen molar-refractivity contribution in [3.63, 3.8) is 0 Å². The summed E-state index contributed by atoms with van der Waals surface area (Å²) in [4.78, 5) is 24.3. The molecule has 2 nitrogen and oxygen atoms in total. The number of hydrogen-bond acceptors (Lipinski definition) is 2. The van der Waals surface area contributed by atoms with E-state index < -0.39 is 0 Å². The van der Waals surface area contributed by atoms with Gasteiger partial charge >= 0.3 is 0 Å². The Morgan fingerprint density at radius 1 is 1.00 bits per heavy atom. The average molecular weight is 258 g/mol. The maximum absolute atomic E-state index is 12.2. The molecule has 0 aliphatic heterocycles. The predicted octanol–water partition coefficient (Wildman–Crippen LogP) is 1.59. The van der Waals surface area contributed by atoms with Crippen LogP contribution in [-0.4, -0.2) is 11.6 Å². The molecule has 0 saturated carbocycles. The molecule has 94 valence electrons. The molecule has 2 aromatic carbocycles. The molecule has 20 heavy (non-hydrogen) atoms. The second-order valence-corrected chi connectivity index (χ2v) is 5.65. The van der Waals surface area contributed by atoms with Crippen molar-refractivity contribution in [3.05, 3.63) is 58.0 Å². The summed E-state index contributed by atoms with van der Waals surface area (Å²) in [6, 6.07) is 7.98. The molecule has 1 atom stereocenters. The van der Waals surface area contributed by atoms with E-state index in [1.165, 1.54) is 10.8 Å². The SMILES string of the molecule is O=C1C(=O)c2ccc3ccc4c5c3c2=C1CC5C=CC=4. The van der Waals surface area contributed by atoms with E-state index in [9.17, 15) is 9.59 Å². The van der Waals surface area contributed by atoms with Gasteiger partial charge in [0, 0.05) is 22.3 Å². The zero-order valence-corrected chi connectivity index (χ0v) is 10.6. The van der Waals surface area contributed by atoms with Gasteiger partial charge in [0.25, 0.3) is 0 Å². The molecule has 0 bridgehead atoms. The van der Waals surface area contributed by atoms with Gasteiger partial charge in [-0.3, -0.25) is 9.59 Å². The van der Waals surface area contributed by atoms with Crippen molar-refractivity contribution in [2.24, 2.45) is 0 Å². The van der Waals surface area contributed by atoms with Crippen LogP contribution in [0.1, 0.15) is 28.3 Å². The van der Waals surface area contributed by atoms with Crippen LogP contribution >= 0.6 is 0 Å². The van der Waals surface area contributed by atoms with Crippen molar-refractivity contribution in [1.29, 1.82) is 0 Å². The molecule has 0 radical (unpaired) electrons. The standard InChI is InChI=1S/C18H10O2/c19-17-12-7-6-10-5-4-9-2-1-3-11-8-13(18(17)20)16(12)15(10)14(9)11/h1-7,11H,8H2. The second-order valence-electron chi connectivity index (χ2n) is 5.65. The number of hydrogen-bond donors (Lipinski definition) is 0. The van der Waals surface area contributed by atoms with Gasteiger partial charge in [0.1, 0.15) is 0 Å². The molecule has 0 N–H and O–H groups in total. The summed E-state index contributed by atoms with van der Waals surface area (Å²) in [6.07, 6.45) is 6.95. The number of ketones is 2. The maximum atomic E-state index is 12.2. The second kappa shape index (κ2) is 3.15. The zero-order valence-electron chi connectivity index (χ0n) is 10.6. The third kappa shape index (κ3) is 0.989. The molecule has 2 aromatic rings. The molecule has 0 saturated heterocycles. The lowest BCUT2D eigenvalue weighted by Crippen LogP contribution is -2.25. The third-order valence-electron chi connectivity index (χ3n) is 4.70.